The lowest BCUT2D eigenvalue weighted by molar-refractivity contribution is 0.0217. The quantitative estimate of drug-likeness (QED) is 0.849. The molecule has 0 aromatic heterocycles. The molecule has 0 amide bonds. The maximum absolute atomic E-state index is 5.61. The molecule has 0 spiro atoms. The predicted molar refractivity (Wildman–Crippen MR) is 72.9 cm³/mol. The molecule has 2 rings (SSSR count). The van der Waals surface area contributed by atoms with Gasteiger partial charge in [-0.15, -0.1) is 0 Å². The van der Waals surface area contributed by atoms with Gasteiger partial charge >= 0.3 is 0 Å². The van der Waals surface area contributed by atoms with Gasteiger partial charge < -0.3 is 4.74 Å². The molecule has 1 aromatic carbocycles. The number of nitrogens with one attached hydrogen (secondary N) is 1. The van der Waals surface area contributed by atoms with Crippen molar-refractivity contribution in [2.75, 3.05) is 13.2 Å². The van der Waals surface area contributed by atoms with E-state index in [2.05, 4.69) is 40.3 Å². The molecule has 16 heavy (non-hydrogen) atoms. The predicted octanol–water partition coefficient (Wildman–Crippen LogP) is 2.65. The van der Waals surface area contributed by atoms with Gasteiger partial charge in [-0.05, 0) is 30.0 Å². The molecular weight excluding hydrogens is 286 g/mol. The topological polar surface area (TPSA) is 21.3 Å². The molecule has 0 aliphatic carbocycles. The van der Waals surface area contributed by atoms with Crippen molar-refractivity contribution in [3.63, 3.8) is 0 Å². The number of ether oxygens (including phenoxy) is 1. The first kappa shape index (κ1) is 12.2. The van der Waals surface area contributed by atoms with Gasteiger partial charge in [-0.1, -0.05) is 40.3 Å². The van der Waals surface area contributed by atoms with Crippen LogP contribution in [0.4, 0.5) is 0 Å². The van der Waals surface area contributed by atoms with Gasteiger partial charge in [0.1, 0.15) is 0 Å². The molecule has 2 atom stereocenters. The van der Waals surface area contributed by atoms with Crippen LogP contribution in [0.15, 0.2) is 28.7 Å². The molecule has 1 saturated heterocycles. The lowest BCUT2D eigenvalue weighted by Crippen LogP contribution is -2.55. The van der Waals surface area contributed by atoms with E-state index in [4.69, 9.17) is 17.0 Å². The van der Waals surface area contributed by atoms with Crippen LogP contribution in [0.2, 0.25) is 0 Å². The zero-order valence-corrected chi connectivity index (χ0v) is 11.5. The first-order valence-corrected chi connectivity index (χ1v) is 6.47. The Morgan fingerprint density at radius 3 is 3.12 bits per heavy atom. The normalized spacial score (nSPS) is 30.0. The number of halogens is 1. The van der Waals surface area contributed by atoms with Gasteiger partial charge in [-0.2, -0.15) is 0 Å². The van der Waals surface area contributed by atoms with Crippen LogP contribution in [0.25, 0.3) is 0 Å². The first-order valence-electron chi connectivity index (χ1n) is 5.21. The summed E-state index contributed by atoms with van der Waals surface area (Å²) in [6.07, 6.45) is 0. The Morgan fingerprint density at radius 1 is 1.62 bits per heavy atom. The Kier molecular flexibility index (Phi) is 3.74. The number of benzene rings is 1. The number of hydrogen-bond acceptors (Lipinski definition) is 3. The fourth-order valence-electron chi connectivity index (χ4n) is 1.95. The zero-order valence-electron chi connectivity index (χ0n) is 9.07. The minimum absolute atomic E-state index is 0.146. The minimum Gasteiger partial charge on any atom is -0.377 e. The van der Waals surface area contributed by atoms with Crippen LogP contribution in [0, 0.1) is 0 Å². The number of rotatable bonds is 2. The molecule has 4 heteroatoms. The van der Waals surface area contributed by atoms with E-state index in [1.165, 1.54) is 5.56 Å². The van der Waals surface area contributed by atoms with E-state index in [1.807, 2.05) is 12.1 Å². The zero-order chi connectivity index (χ0) is 11.6. The van der Waals surface area contributed by atoms with Crippen molar-refractivity contribution in [2.45, 2.75) is 18.5 Å². The summed E-state index contributed by atoms with van der Waals surface area (Å²) >= 11 is 8.46. The van der Waals surface area contributed by atoms with Crippen molar-refractivity contribution < 1.29 is 4.74 Å². The summed E-state index contributed by atoms with van der Waals surface area (Å²) in [6, 6.07) is 8.42. The maximum Gasteiger partial charge on any atom is 0.0688 e. The Morgan fingerprint density at radius 2 is 2.44 bits per heavy atom. The highest BCUT2D eigenvalue weighted by Gasteiger charge is 2.32. The number of thiocarbonyl (C=S) groups is 1. The van der Waals surface area contributed by atoms with E-state index in [9.17, 15) is 0 Å². The second-order valence-electron chi connectivity index (χ2n) is 4.24. The van der Waals surface area contributed by atoms with E-state index >= 15 is 0 Å². The fraction of sp³-hybridized carbons (Fsp3) is 0.417. The Balaban J connectivity index is 2.27. The van der Waals surface area contributed by atoms with Crippen LogP contribution in [-0.4, -0.2) is 24.6 Å². The highest BCUT2D eigenvalue weighted by atomic mass is 79.9. The lowest BCUT2D eigenvalue weighted by Gasteiger charge is -2.38. The molecule has 1 N–H and O–H groups in total. The summed E-state index contributed by atoms with van der Waals surface area (Å²) in [5.41, 5.74) is 1.05. The molecular formula is C12H14BrNOS. The highest BCUT2D eigenvalue weighted by molar-refractivity contribution is 9.10. The third-order valence-corrected chi connectivity index (χ3v) is 3.64. The molecule has 0 bridgehead atoms. The highest BCUT2D eigenvalue weighted by Crippen LogP contribution is 2.26. The van der Waals surface area contributed by atoms with E-state index in [0.29, 0.717) is 13.2 Å². The van der Waals surface area contributed by atoms with E-state index in [-0.39, 0.29) is 11.6 Å². The van der Waals surface area contributed by atoms with E-state index in [1.54, 1.807) is 5.37 Å². The second kappa shape index (κ2) is 4.92. The second-order valence-corrected chi connectivity index (χ2v) is 5.43. The van der Waals surface area contributed by atoms with Crippen LogP contribution in [0.5, 0.6) is 0 Å². The van der Waals surface area contributed by atoms with Gasteiger partial charge in [0.2, 0.25) is 0 Å². The summed E-state index contributed by atoms with van der Waals surface area (Å²) in [4.78, 5) is 0. The van der Waals surface area contributed by atoms with Crippen molar-refractivity contribution >= 4 is 33.5 Å². The molecule has 1 heterocycles. The van der Waals surface area contributed by atoms with Crippen molar-refractivity contribution in [3.8, 4) is 0 Å². The van der Waals surface area contributed by atoms with Gasteiger partial charge in [-0.25, -0.2) is 0 Å². The van der Waals surface area contributed by atoms with Crippen LogP contribution in [0.1, 0.15) is 12.5 Å². The van der Waals surface area contributed by atoms with Crippen molar-refractivity contribution in [1.82, 2.24) is 5.32 Å². The summed E-state index contributed by atoms with van der Waals surface area (Å²) in [5.74, 6) is 0. The standard InChI is InChI=1S/C12H14BrNOS/c1-12(8-15-6-11(7-16)14-12)9-3-2-4-10(13)5-9/h2-5,7,11,14H,6,8H2,1H3. The first-order chi connectivity index (χ1) is 7.64. The SMILES string of the molecule is CC1(c2cccc(Br)c2)COCC(C=S)N1. The summed E-state index contributed by atoms with van der Waals surface area (Å²) < 4.78 is 6.69. The van der Waals surface area contributed by atoms with Gasteiger partial charge in [0.15, 0.2) is 0 Å². The average Bonchev–Trinajstić information content (AvgIpc) is 2.29. The lowest BCUT2D eigenvalue weighted by atomic mass is 9.91. The molecule has 0 saturated carbocycles. The summed E-state index contributed by atoms with van der Waals surface area (Å²) in [5, 5.41) is 5.25. The Labute approximate surface area is 110 Å². The van der Waals surface area contributed by atoms with Gasteiger partial charge in [0.25, 0.3) is 0 Å². The molecule has 1 fully saturated rings. The number of morpholine rings is 1. The third kappa shape index (κ3) is 2.51. The molecule has 1 aliphatic rings. The summed E-state index contributed by atoms with van der Waals surface area (Å²) in [6.45, 7) is 3.47. The van der Waals surface area contributed by atoms with Gasteiger partial charge in [0.05, 0.1) is 24.8 Å². The van der Waals surface area contributed by atoms with Gasteiger partial charge in [-0.3, -0.25) is 5.32 Å². The third-order valence-electron chi connectivity index (χ3n) is 2.82. The molecule has 2 unspecified atom stereocenters. The van der Waals surface area contributed by atoms with Crippen molar-refractivity contribution in [2.24, 2.45) is 0 Å². The maximum atomic E-state index is 5.61. The number of hydrogen-bond donors (Lipinski definition) is 1. The van der Waals surface area contributed by atoms with Crippen LogP contribution >= 0.6 is 28.1 Å². The van der Waals surface area contributed by atoms with Crippen molar-refractivity contribution in [3.05, 3.63) is 34.3 Å². The molecule has 1 aromatic rings. The molecule has 2 nitrogen and oxygen atoms in total. The van der Waals surface area contributed by atoms with Crippen LogP contribution < -0.4 is 5.32 Å². The monoisotopic (exact) mass is 299 g/mol. The van der Waals surface area contributed by atoms with E-state index < -0.39 is 0 Å². The smallest absolute Gasteiger partial charge is 0.0688 e. The average molecular weight is 300 g/mol. The van der Waals surface area contributed by atoms with Gasteiger partial charge in [0, 0.05) is 4.47 Å². The largest absolute Gasteiger partial charge is 0.377 e. The summed E-state index contributed by atoms with van der Waals surface area (Å²) in [7, 11) is 0. The molecule has 1 aliphatic heterocycles. The van der Waals surface area contributed by atoms with Crippen LogP contribution in [0.3, 0.4) is 0 Å². The van der Waals surface area contributed by atoms with E-state index in [0.717, 1.165) is 4.47 Å². The van der Waals surface area contributed by atoms with Crippen LogP contribution in [-0.2, 0) is 10.3 Å². The molecule has 86 valence electrons. The van der Waals surface area contributed by atoms with Crippen molar-refractivity contribution in [1.29, 1.82) is 0 Å². The molecule has 0 radical (unpaired) electrons. The Hall–Kier alpha value is -0.290. The Bertz CT molecular complexity index is 398. The minimum atomic E-state index is -0.165. The fourth-order valence-corrected chi connectivity index (χ4v) is 2.50.